The predicted molar refractivity (Wildman–Crippen MR) is 92.9 cm³/mol. The smallest absolute Gasteiger partial charge is 0.349 e. The van der Waals surface area contributed by atoms with Crippen LogP contribution in [0.2, 0.25) is 0 Å². The van der Waals surface area contributed by atoms with Gasteiger partial charge in [0.1, 0.15) is 0 Å². The molecule has 0 unspecified atom stereocenters. The Balaban J connectivity index is 1.69. The van der Waals surface area contributed by atoms with Crippen molar-refractivity contribution in [2.24, 2.45) is 5.41 Å². The largest absolute Gasteiger partial charge is 0.352 e. The van der Waals surface area contributed by atoms with E-state index in [2.05, 4.69) is 11.9 Å². The molecular formula is C20H23F2NO3. The monoisotopic (exact) mass is 363 g/mol. The van der Waals surface area contributed by atoms with E-state index in [1.54, 1.807) is 19.1 Å². The zero-order chi connectivity index (χ0) is 18.6. The van der Waals surface area contributed by atoms with Gasteiger partial charge in [-0.2, -0.15) is 8.78 Å². The first kappa shape index (κ1) is 17.6. The molecule has 2 fully saturated rings. The van der Waals surface area contributed by atoms with Crippen LogP contribution in [0.5, 0.6) is 0 Å². The number of halogens is 2. The third-order valence-corrected chi connectivity index (χ3v) is 6.17. The molecule has 1 saturated heterocycles. The van der Waals surface area contributed by atoms with Crippen molar-refractivity contribution in [1.29, 1.82) is 0 Å². The minimum Gasteiger partial charge on any atom is -0.349 e. The van der Waals surface area contributed by atoms with E-state index in [9.17, 15) is 13.6 Å². The quantitative estimate of drug-likeness (QED) is 0.773. The number of ether oxygens (including phenoxy) is 2. The summed E-state index contributed by atoms with van der Waals surface area (Å²) in [5.41, 5.74) is 0.0632. The number of allylic oxidation sites excluding steroid dienone is 1. The van der Waals surface area contributed by atoms with Crippen molar-refractivity contribution in [3.8, 4) is 0 Å². The second-order valence-electron chi connectivity index (χ2n) is 7.54. The van der Waals surface area contributed by atoms with Crippen LogP contribution in [0.3, 0.4) is 0 Å². The Bertz CT molecular complexity index is 751. The van der Waals surface area contributed by atoms with Gasteiger partial charge in [0.05, 0.1) is 24.0 Å². The average molecular weight is 363 g/mol. The first-order valence-corrected chi connectivity index (χ1v) is 9.11. The molecule has 4 nitrogen and oxygen atoms in total. The number of rotatable bonds is 5. The molecule has 3 aliphatic rings. The number of anilines is 1. The van der Waals surface area contributed by atoms with Gasteiger partial charge in [-0.25, -0.2) is 0 Å². The standard InChI is InChI=1S/C20H23F2NO3/c1-3-8-18-9-5-10-19(18,25-12-11-18)26-13(2)14-6-4-7-15-16(14)20(21,22)17(24)23-15/h3-4,6-7,13H,1,5,8-12H2,2H3,(H,23,24)/t13-,18-,19+/m0/s1. The van der Waals surface area contributed by atoms with Crippen LogP contribution in [0, 0.1) is 5.41 Å². The highest BCUT2D eigenvalue weighted by Crippen LogP contribution is 2.59. The SMILES string of the molecule is C=CC[C@@]12CCC[C@]1(O[C@@H](C)c1cccc3c1C(F)(F)C(=O)N3)OCC2. The summed E-state index contributed by atoms with van der Waals surface area (Å²) < 4.78 is 41.3. The molecule has 1 amide bonds. The summed E-state index contributed by atoms with van der Waals surface area (Å²) in [6, 6.07) is 4.76. The molecule has 3 atom stereocenters. The number of benzene rings is 1. The number of fused-ring (bicyclic) bond motifs is 2. The maximum atomic E-state index is 14.4. The number of carbonyl (C=O) groups is 1. The van der Waals surface area contributed by atoms with Crippen molar-refractivity contribution in [3.63, 3.8) is 0 Å². The van der Waals surface area contributed by atoms with Gasteiger partial charge in [0.25, 0.3) is 5.91 Å². The van der Waals surface area contributed by atoms with Crippen molar-refractivity contribution >= 4 is 11.6 Å². The van der Waals surface area contributed by atoms with E-state index < -0.39 is 23.7 Å². The molecular weight excluding hydrogens is 340 g/mol. The van der Waals surface area contributed by atoms with Crippen molar-refractivity contribution in [3.05, 3.63) is 42.0 Å². The van der Waals surface area contributed by atoms with Crippen LogP contribution in [0.15, 0.2) is 30.9 Å². The molecule has 1 saturated carbocycles. The van der Waals surface area contributed by atoms with Gasteiger partial charge >= 0.3 is 5.92 Å². The van der Waals surface area contributed by atoms with Crippen molar-refractivity contribution in [1.82, 2.24) is 0 Å². The Hall–Kier alpha value is -1.79. The number of nitrogens with one attached hydrogen (secondary N) is 1. The lowest BCUT2D eigenvalue weighted by atomic mass is 9.77. The fraction of sp³-hybridized carbons (Fsp3) is 0.550. The summed E-state index contributed by atoms with van der Waals surface area (Å²) in [6.07, 6.45) is 5.63. The summed E-state index contributed by atoms with van der Waals surface area (Å²) >= 11 is 0. The molecule has 26 heavy (non-hydrogen) atoms. The minimum atomic E-state index is -3.55. The molecule has 140 valence electrons. The Morgan fingerprint density at radius 1 is 1.38 bits per heavy atom. The molecule has 0 bridgehead atoms. The first-order chi connectivity index (χ1) is 12.4. The number of carbonyl (C=O) groups excluding carboxylic acids is 1. The molecule has 1 aromatic carbocycles. The molecule has 0 spiro atoms. The van der Waals surface area contributed by atoms with Crippen LogP contribution in [-0.2, 0) is 20.2 Å². The predicted octanol–water partition coefficient (Wildman–Crippen LogP) is 4.67. The maximum absolute atomic E-state index is 14.4. The molecule has 0 radical (unpaired) electrons. The highest BCUT2D eigenvalue weighted by atomic mass is 19.3. The Kier molecular flexibility index (Phi) is 3.97. The maximum Gasteiger partial charge on any atom is 0.352 e. The van der Waals surface area contributed by atoms with Crippen LogP contribution in [0.25, 0.3) is 0 Å². The van der Waals surface area contributed by atoms with Crippen molar-refractivity contribution in [2.75, 3.05) is 11.9 Å². The Morgan fingerprint density at radius 2 is 2.19 bits per heavy atom. The lowest BCUT2D eigenvalue weighted by Crippen LogP contribution is -2.43. The van der Waals surface area contributed by atoms with Crippen LogP contribution in [0.1, 0.15) is 56.3 Å². The lowest BCUT2D eigenvalue weighted by molar-refractivity contribution is -0.268. The summed E-state index contributed by atoms with van der Waals surface area (Å²) in [6.45, 7) is 6.22. The van der Waals surface area contributed by atoms with E-state index in [-0.39, 0.29) is 16.7 Å². The zero-order valence-corrected chi connectivity index (χ0v) is 14.8. The number of amides is 1. The van der Waals surface area contributed by atoms with Gasteiger partial charge in [0.15, 0.2) is 5.79 Å². The van der Waals surface area contributed by atoms with E-state index in [1.807, 2.05) is 6.08 Å². The second kappa shape index (κ2) is 5.86. The third-order valence-electron chi connectivity index (χ3n) is 6.17. The van der Waals surface area contributed by atoms with E-state index >= 15 is 0 Å². The zero-order valence-electron chi connectivity index (χ0n) is 14.8. The van der Waals surface area contributed by atoms with Gasteiger partial charge in [0, 0.05) is 11.8 Å². The number of alkyl halides is 2. The van der Waals surface area contributed by atoms with E-state index in [4.69, 9.17) is 9.47 Å². The highest BCUT2D eigenvalue weighted by Gasteiger charge is 2.60. The molecule has 1 aliphatic carbocycles. The van der Waals surface area contributed by atoms with Crippen molar-refractivity contribution < 1.29 is 23.0 Å². The van der Waals surface area contributed by atoms with Crippen LogP contribution < -0.4 is 5.32 Å². The molecule has 6 heteroatoms. The van der Waals surface area contributed by atoms with Crippen molar-refractivity contribution in [2.45, 2.75) is 56.8 Å². The summed E-state index contributed by atoms with van der Waals surface area (Å²) in [4.78, 5) is 11.7. The van der Waals surface area contributed by atoms with E-state index in [0.717, 1.165) is 32.1 Å². The average Bonchev–Trinajstić information content (AvgIpc) is 3.16. The summed E-state index contributed by atoms with van der Waals surface area (Å²) in [5.74, 6) is -5.61. The number of hydrogen-bond donors (Lipinski definition) is 1. The molecule has 0 aromatic heterocycles. The van der Waals surface area contributed by atoms with E-state index in [1.165, 1.54) is 6.07 Å². The highest BCUT2D eigenvalue weighted by molar-refractivity contribution is 6.04. The third kappa shape index (κ3) is 2.28. The Morgan fingerprint density at radius 3 is 2.96 bits per heavy atom. The molecule has 1 N–H and O–H groups in total. The summed E-state index contributed by atoms with van der Waals surface area (Å²) in [7, 11) is 0. The molecule has 2 aliphatic heterocycles. The second-order valence-corrected chi connectivity index (χ2v) is 7.54. The van der Waals surface area contributed by atoms with Gasteiger partial charge in [0.2, 0.25) is 0 Å². The fourth-order valence-electron chi connectivity index (χ4n) is 4.95. The molecule has 4 rings (SSSR count). The lowest BCUT2D eigenvalue weighted by Gasteiger charge is -2.40. The van der Waals surface area contributed by atoms with Gasteiger partial charge < -0.3 is 14.8 Å². The van der Waals surface area contributed by atoms with Gasteiger partial charge in [-0.3, -0.25) is 4.79 Å². The van der Waals surface area contributed by atoms with E-state index in [0.29, 0.717) is 12.2 Å². The van der Waals surface area contributed by atoms with Crippen LogP contribution in [0.4, 0.5) is 14.5 Å². The van der Waals surface area contributed by atoms with Gasteiger partial charge in [-0.05, 0) is 44.2 Å². The topological polar surface area (TPSA) is 47.6 Å². The normalized spacial score (nSPS) is 32.8. The first-order valence-electron chi connectivity index (χ1n) is 9.11. The van der Waals surface area contributed by atoms with Gasteiger partial charge in [-0.1, -0.05) is 18.2 Å². The van der Waals surface area contributed by atoms with Crippen LogP contribution >= 0.6 is 0 Å². The minimum absolute atomic E-state index is 0.141. The summed E-state index contributed by atoms with van der Waals surface area (Å²) in [5, 5.41) is 2.26. The van der Waals surface area contributed by atoms with Crippen LogP contribution in [-0.4, -0.2) is 18.3 Å². The fourth-order valence-corrected chi connectivity index (χ4v) is 4.95. The molecule has 2 heterocycles. The molecule has 1 aromatic rings. The van der Waals surface area contributed by atoms with Gasteiger partial charge in [-0.15, -0.1) is 6.58 Å². The number of hydrogen-bond acceptors (Lipinski definition) is 3. The Labute approximate surface area is 151 Å².